The Balaban J connectivity index is 1.25. The Morgan fingerprint density at radius 2 is 1.71 bits per heavy atom. The maximum atomic E-state index is 13.2. The summed E-state index contributed by atoms with van der Waals surface area (Å²) in [6.07, 6.45) is 6.22. The molecule has 1 aromatic heterocycles. The summed E-state index contributed by atoms with van der Waals surface area (Å²) < 4.78 is 5.50. The van der Waals surface area contributed by atoms with Gasteiger partial charge in [0.2, 0.25) is 0 Å². The van der Waals surface area contributed by atoms with E-state index in [0.717, 1.165) is 66.9 Å². The third kappa shape index (κ3) is 3.82. The molecule has 4 aromatic rings. The number of benzene rings is 3. The third-order valence-corrected chi connectivity index (χ3v) is 7.20. The van der Waals surface area contributed by atoms with Crippen molar-refractivity contribution in [2.75, 3.05) is 26.3 Å². The van der Waals surface area contributed by atoms with Gasteiger partial charge in [-0.15, -0.1) is 0 Å². The van der Waals surface area contributed by atoms with Crippen LogP contribution < -0.4 is 0 Å². The average molecular weight is 450 g/mol. The highest BCUT2D eigenvalue weighted by molar-refractivity contribution is 6.00. The number of H-pyrrole nitrogens is 1. The molecule has 0 atom stereocenters. The molecule has 0 saturated carbocycles. The molecule has 2 aliphatic heterocycles. The highest BCUT2D eigenvalue weighted by atomic mass is 16.5. The van der Waals surface area contributed by atoms with Gasteiger partial charge in [-0.1, -0.05) is 60.7 Å². The molecule has 1 N–H and O–H groups in total. The number of nitrogens with one attached hydrogen (secondary N) is 1. The normalized spacial score (nSPS) is 17.4. The lowest BCUT2D eigenvalue weighted by molar-refractivity contribution is -0.0666. The molecule has 5 heteroatoms. The molecule has 0 bridgehead atoms. The molecule has 34 heavy (non-hydrogen) atoms. The monoisotopic (exact) mass is 449 g/mol. The van der Waals surface area contributed by atoms with E-state index in [1.165, 1.54) is 11.1 Å². The van der Waals surface area contributed by atoms with Crippen LogP contribution in [-0.4, -0.2) is 47.3 Å². The molecule has 0 unspecified atom stereocenters. The van der Waals surface area contributed by atoms with Crippen LogP contribution in [0.25, 0.3) is 34.2 Å². The number of aromatic nitrogens is 2. The first-order valence-corrected chi connectivity index (χ1v) is 11.9. The Labute approximate surface area is 199 Å². The smallest absolute Gasteiger partial charge is 0.253 e. The minimum absolute atomic E-state index is 0.101. The van der Waals surface area contributed by atoms with Crippen molar-refractivity contribution < 1.29 is 9.53 Å². The minimum Gasteiger partial charge on any atom is -0.381 e. The van der Waals surface area contributed by atoms with Crippen LogP contribution in [0.4, 0.5) is 0 Å². The van der Waals surface area contributed by atoms with E-state index >= 15 is 0 Å². The van der Waals surface area contributed by atoms with Gasteiger partial charge in [0.25, 0.3) is 5.91 Å². The van der Waals surface area contributed by atoms with E-state index in [4.69, 9.17) is 4.74 Å². The van der Waals surface area contributed by atoms with Crippen LogP contribution in [0.15, 0.2) is 72.8 Å². The molecular weight excluding hydrogens is 422 g/mol. The molecule has 2 saturated heterocycles. The Morgan fingerprint density at radius 3 is 2.53 bits per heavy atom. The summed E-state index contributed by atoms with van der Waals surface area (Å²) in [4.78, 5) is 15.1. The van der Waals surface area contributed by atoms with Gasteiger partial charge in [0.15, 0.2) is 0 Å². The summed E-state index contributed by atoms with van der Waals surface area (Å²) in [7, 11) is 0. The van der Waals surface area contributed by atoms with Crippen LogP contribution in [0.1, 0.15) is 34.5 Å². The maximum absolute atomic E-state index is 13.2. The molecule has 6 rings (SSSR count). The fraction of sp³-hybridized carbons (Fsp3) is 0.241. The molecule has 1 amide bonds. The Morgan fingerprint density at radius 1 is 0.941 bits per heavy atom. The second-order valence-electron chi connectivity index (χ2n) is 9.43. The van der Waals surface area contributed by atoms with Crippen molar-refractivity contribution in [2.24, 2.45) is 5.41 Å². The lowest BCUT2D eigenvalue weighted by Gasteiger charge is -2.52. The summed E-state index contributed by atoms with van der Waals surface area (Å²) in [6, 6.07) is 24.5. The highest BCUT2D eigenvalue weighted by Crippen LogP contribution is 2.40. The summed E-state index contributed by atoms with van der Waals surface area (Å²) in [6.45, 7) is 3.29. The largest absolute Gasteiger partial charge is 0.381 e. The molecule has 0 radical (unpaired) electrons. The van der Waals surface area contributed by atoms with Crippen molar-refractivity contribution in [1.29, 1.82) is 0 Å². The van der Waals surface area contributed by atoms with Crippen molar-refractivity contribution in [2.45, 2.75) is 12.8 Å². The molecule has 2 aliphatic rings. The van der Waals surface area contributed by atoms with Crippen LogP contribution in [0.5, 0.6) is 0 Å². The predicted molar refractivity (Wildman–Crippen MR) is 135 cm³/mol. The molecule has 1 spiro atoms. The van der Waals surface area contributed by atoms with Gasteiger partial charge in [-0.05, 0) is 53.8 Å². The number of likely N-dealkylation sites (tertiary alicyclic amines) is 1. The van der Waals surface area contributed by atoms with Crippen molar-refractivity contribution in [1.82, 2.24) is 15.1 Å². The Kier molecular flexibility index (Phi) is 5.27. The molecule has 3 aromatic carbocycles. The number of ether oxygens (including phenoxy) is 1. The molecule has 5 nitrogen and oxygen atoms in total. The summed E-state index contributed by atoms with van der Waals surface area (Å²) in [5, 5.41) is 8.57. The van der Waals surface area contributed by atoms with Gasteiger partial charge in [-0.25, -0.2) is 0 Å². The van der Waals surface area contributed by atoms with Gasteiger partial charge in [0.1, 0.15) is 0 Å². The van der Waals surface area contributed by atoms with Crippen molar-refractivity contribution >= 4 is 29.0 Å². The number of rotatable bonds is 4. The first kappa shape index (κ1) is 20.9. The fourth-order valence-corrected chi connectivity index (χ4v) is 5.20. The van der Waals surface area contributed by atoms with Gasteiger partial charge in [0, 0.05) is 42.7 Å². The number of hydrogen-bond donors (Lipinski definition) is 1. The van der Waals surface area contributed by atoms with Crippen LogP contribution in [0.2, 0.25) is 0 Å². The first-order chi connectivity index (χ1) is 16.7. The van der Waals surface area contributed by atoms with Crippen molar-refractivity contribution in [3.05, 3.63) is 89.6 Å². The molecule has 2 fully saturated rings. The lowest BCUT2D eigenvalue weighted by atomic mass is 9.73. The number of carbonyl (C=O) groups is 1. The van der Waals surface area contributed by atoms with Crippen LogP contribution in [0.3, 0.4) is 0 Å². The fourth-order valence-electron chi connectivity index (χ4n) is 5.20. The summed E-state index contributed by atoms with van der Waals surface area (Å²) in [5.74, 6) is 0.101. The zero-order chi connectivity index (χ0) is 23.0. The van der Waals surface area contributed by atoms with Crippen LogP contribution >= 0.6 is 0 Å². The SMILES string of the molecule is O=C(c1ccc2[nH]nc(/C=C/c3ccccc3-c3ccccc3)c2c1)N1CC2(CCOCC2)C1. The number of amides is 1. The summed E-state index contributed by atoms with van der Waals surface area (Å²) >= 11 is 0. The van der Waals surface area contributed by atoms with E-state index in [-0.39, 0.29) is 11.3 Å². The Bertz CT molecular complexity index is 1360. The van der Waals surface area contributed by atoms with E-state index in [2.05, 4.69) is 58.7 Å². The minimum atomic E-state index is 0.101. The second-order valence-corrected chi connectivity index (χ2v) is 9.43. The third-order valence-electron chi connectivity index (χ3n) is 7.20. The van der Waals surface area contributed by atoms with Gasteiger partial charge in [-0.3, -0.25) is 9.89 Å². The number of carbonyl (C=O) groups excluding carboxylic acids is 1. The number of aromatic amines is 1. The maximum Gasteiger partial charge on any atom is 0.253 e. The van der Waals surface area contributed by atoms with E-state index in [1.807, 2.05) is 41.3 Å². The van der Waals surface area contributed by atoms with Crippen LogP contribution in [-0.2, 0) is 4.74 Å². The second kappa shape index (κ2) is 8.58. The summed E-state index contributed by atoms with van der Waals surface area (Å²) in [5.41, 5.74) is 6.23. The topological polar surface area (TPSA) is 58.2 Å². The molecular formula is C29H27N3O2. The van der Waals surface area contributed by atoms with Gasteiger partial charge >= 0.3 is 0 Å². The van der Waals surface area contributed by atoms with E-state index in [9.17, 15) is 4.79 Å². The predicted octanol–water partition coefficient (Wildman–Crippen LogP) is 5.65. The Hall–Kier alpha value is -3.70. The molecule has 0 aliphatic carbocycles. The van der Waals surface area contributed by atoms with Crippen molar-refractivity contribution in [3.8, 4) is 11.1 Å². The first-order valence-electron chi connectivity index (χ1n) is 11.9. The number of hydrogen-bond acceptors (Lipinski definition) is 3. The van der Waals surface area contributed by atoms with E-state index in [0.29, 0.717) is 0 Å². The zero-order valence-corrected chi connectivity index (χ0v) is 19.0. The molecule has 3 heterocycles. The highest BCUT2D eigenvalue weighted by Gasteiger charge is 2.45. The standard InChI is InChI=1S/C29H27N3O2/c33-28(32-19-29(20-32)14-16-34-17-15-29)23-11-13-27-25(18-23)26(30-31-27)12-10-22-8-4-5-9-24(22)21-6-2-1-3-7-21/h1-13,18H,14-17,19-20H2,(H,30,31)/b12-10+. The zero-order valence-electron chi connectivity index (χ0n) is 19.0. The van der Waals surface area contributed by atoms with Gasteiger partial charge < -0.3 is 9.64 Å². The molecule has 170 valence electrons. The van der Waals surface area contributed by atoms with E-state index < -0.39 is 0 Å². The van der Waals surface area contributed by atoms with Crippen LogP contribution in [0, 0.1) is 5.41 Å². The van der Waals surface area contributed by atoms with Gasteiger partial charge in [0.05, 0.1) is 11.2 Å². The van der Waals surface area contributed by atoms with Crippen molar-refractivity contribution in [3.63, 3.8) is 0 Å². The number of fused-ring (bicyclic) bond motifs is 1. The van der Waals surface area contributed by atoms with Gasteiger partial charge in [-0.2, -0.15) is 5.10 Å². The lowest BCUT2D eigenvalue weighted by Crippen LogP contribution is -2.60. The average Bonchev–Trinajstić information content (AvgIpc) is 3.29. The van der Waals surface area contributed by atoms with E-state index in [1.54, 1.807) is 0 Å². The number of nitrogens with zero attached hydrogens (tertiary/aromatic N) is 2. The quantitative estimate of drug-likeness (QED) is 0.438.